The summed E-state index contributed by atoms with van der Waals surface area (Å²) in [7, 11) is 0. The summed E-state index contributed by atoms with van der Waals surface area (Å²) in [6, 6.07) is 11.3. The number of hydrogen-bond donors (Lipinski definition) is 0. The van der Waals surface area contributed by atoms with E-state index in [1.165, 1.54) is 24.0 Å². The highest BCUT2D eigenvalue weighted by atomic mass is 16.5. The summed E-state index contributed by atoms with van der Waals surface area (Å²) in [5.74, 6) is -0.952. The van der Waals surface area contributed by atoms with Crippen molar-refractivity contribution in [2.24, 2.45) is 10.4 Å². The van der Waals surface area contributed by atoms with Gasteiger partial charge in [0.2, 0.25) is 0 Å². The van der Waals surface area contributed by atoms with Crippen LogP contribution in [-0.4, -0.2) is 34.4 Å². The molecule has 1 aromatic heterocycles. The van der Waals surface area contributed by atoms with Gasteiger partial charge in [-0.2, -0.15) is 10.4 Å². The van der Waals surface area contributed by atoms with Crippen molar-refractivity contribution in [2.75, 3.05) is 6.61 Å². The van der Waals surface area contributed by atoms with Crippen LogP contribution in [-0.2, 0) is 19.9 Å². The Bertz CT molecular complexity index is 988. The summed E-state index contributed by atoms with van der Waals surface area (Å²) in [6.45, 7) is 3.34. The largest absolute Gasteiger partial charge is 0.464 e. The molecular formula is C19H16N4O3. The van der Waals surface area contributed by atoms with Crippen molar-refractivity contribution in [2.45, 2.75) is 25.3 Å². The number of nitriles is 1. The summed E-state index contributed by atoms with van der Waals surface area (Å²) in [6.07, 6.45) is 2.87. The van der Waals surface area contributed by atoms with E-state index in [2.05, 4.69) is 10.1 Å². The third-order valence-electron chi connectivity index (χ3n) is 5.31. The fourth-order valence-electron chi connectivity index (χ4n) is 4.24. The predicted octanol–water partition coefficient (Wildman–Crippen LogP) is 2.10. The molecule has 2 aliphatic rings. The summed E-state index contributed by atoms with van der Waals surface area (Å²) in [5, 5.41) is 13.6. The molecule has 1 aromatic carbocycles. The number of aromatic nitrogens is 2. The van der Waals surface area contributed by atoms with Gasteiger partial charge in [0.1, 0.15) is 22.8 Å². The molecule has 1 aliphatic heterocycles. The average Bonchev–Trinajstić information content (AvgIpc) is 3.11. The van der Waals surface area contributed by atoms with Crippen LogP contribution < -0.4 is 0 Å². The van der Waals surface area contributed by atoms with E-state index < -0.39 is 22.8 Å². The zero-order valence-corrected chi connectivity index (χ0v) is 14.3. The molecule has 4 rings (SSSR count). The topological polar surface area (TPSA) is 97.3 Å². The Kier molecular flexibility index (Phi) is 3.34. The third kappa shape index (κ3) is 1.66. The maximum Gasteiger partial charge on any atom is 0.336 e. The number of Topliss-reactive ketones (excluding diaryl/α,β-unsaturated/α-hetero) is 1. The number of esters is 1. The summed E-state index contributed by atoms with van der Waals surface area (Å²) < 4.78 is 6.76. The molecule has 0 radical (unpaired) electrons. The van der Waals surface area contributed by atoms with Crippen LogP contribution in [0.3, 0.4) is 0 Å². The number of hydrogen-bond acceptors (Lipinski definition) is 6. The molecular weight excluding hydrogens is 332 g/mol. The number of ketones is 1. The van der Waals surface area contributed by atoms with Gasteiger partial charge in [0, 0.05) is 12.1 Å². The van der Waals surface area contributed by atoms with Gasteiger partial charge < -0.3 is 4.74 Å². The van der Waals surface area contributed by atoms with Crippen LogP contribution in [0.2, 0.25) is 0 Å². The molecule has 3 unspecified atom stereocenters. The maximum absolute atomic E-state index is 13.1. The molecule has 1 aliphatic carbocycles. The van der Waals surface area contributed by atoms with Gasteiger partial charge in [-0.3, -0.25) is 4.79 Å². The van der Waals surface area contributed by atoms with Gasteiger partial charge >= 0.3 is 5.97 Å². The normalized spacial score (nSPS) is 27.8. The quantitative estimate of drug-likeness (QED) is 0.788. The number of carbonyl (C=O) groups is 2. The van der Waals surface area contributed by atoms with Crippen LogP contribution in [0, 0.1) is 16.7 Å². The number of aliphatic imine (C=N–C) groups is 1. The van der Waals surface area contributed by atoms with Gasteiger partial charge in [-0.1, -0.05) is 30.3 Å². The van der Waals surface area contributed by atoms with E-state index in [-0.39, 0.29) is 23.8 Å². The molecule has 2 heterocycles. The third-order valence-corrected chi connectivity index (χ3v) is 5.31. The van der Waals surface area contributed by atoms with Crippen molar-refractivity contribution in [3.63, 3.8) is 0 Å². The fourth-order valence-corrected chi connectivity index (χ4v) is 4.24. The number of nitrogens with zero attached hydrogens (tertiary/aromatic N) is 4. The summed E-state index contributed by atoms with van der Waals surface area (Å²) >= 11 is 0. The smallest absolute Gasteiger partial charge is 0.336 e. The van der Waals surface area contributed by atoms with Crippen molar-refractivity contribution in [1.82, 2.24) is 9.78 Å². The second-order valence-corrected chi connectivity index (χ2v) is 6.42. The van der Waals surface area contributed by atoms with Crippen LogP contribution in [0.1, 0.15) is 30.9 Å². The number of carbonyl (C=O) groups excluding carboxylic acids is 2. The number of rotatable bonds is 4. The second-order valence-electron chi connectivity index (χ2n) is 6.42. The van der Waals surface area contributed by atoms with E-state index in [4.69, 9.17) is 4.74 Å². The van der Waals surface area contributed by atoms with Crippen LogP contribution >= 0.6 is 0 Å². The molecule has 0 saturated heterocycles. The van der Waals surface area contributed by atoms with Gasteiger partial charge in [-0.15, -0.1) is 0 Å². The Morgan fingerprint density at radius 1 is 1.35 bits per heavy atom. The minimum Gasteiger partial charge on any atom is -0.464 e. The molecule has 2 aromatic rings. The SMILES string of the molecule is CCOC(=O)C12C(c3ccccc3)C1(C(C)=O)C=Nc1c(C#N)cnn12. The van der Waals surface area contributed by atoms with Crippen LogP contribution in [0.4, 0.5) is 5.82 Å². The minimum atomic E-state index is -1.36. The number of ether oxygens (including phenoxy) is 1. The summed E-state index contributed by atoms with van der Waals surface area (Å²) in [4.78, 5) is 30.2. The fraction of sp³-hybridized carbons (Fsp3) is 0.316. The molecule has 26 heavy (non-hydrogen) atoms. The molecule has 7 heteroatoms. The Morgan fingerprint density at radius 2 is 2.08 bits per heavy atom. The van der Waals surface area contributed by atoms with Crippen molar-refractivity contribution in [3.05, 3.63) is 47.7 Å². The first-order valence-electron chi connectivity index (χ1n) is 8.32. The van der Waals surface area contributed by atoms with Crippen molar-refractivity contribution in [1.29, 1.82) is 5.26 Å². The van der Waals surface area contributed by atoms with Gasteiger partial charge in [0.05, 0.1) is 12.8 Å². The van der Waals surface area contributed by atoms with Crippen LogP contribution in [0.15, 0.2) is 41.5 Å². The Labute approximate surface area is 149 Å². The van der Waals surface area contributed by atoms with E-state index in [0.29, 0.717) is 0 Å². The lowest BCUT2D eigenvalue weighted by Crippen LogP contribution is -2.41. The number of fused-ring (bicyclic) bond motifs is 3. The molecule has 7 nitrogen and oxygen atoms in total. The minimum absolute atomic E-state index is 0.176. The summed E-state index contributed by atoms with van der Waals surface area (Å²) in [5.41, 5.74) is -1.46. The molecule has 0 bridgehead atoms. The Morgan fingerprint density at radius 3 is 2.69 bits per heavy atom. The number of benzene rings is 1. The maximum atomic E-state index is 13.1. The molecule has 1 fully saturated rings. The van der Waals surface area contributed by atoms with E-state index in [0.717, 1.165) is 5.56 Å². The molecule has 1 saturated carbocycles. The lowest BCUT2D eigenvalue weighted by molar-refractivity contribution is -0.151. The van der Waals surface area contributed by atoms with Gasteiger partial charge in [-0.25, -0.2) is 14.5 Å². The molecule has 0 spiro atoms. The van der Waals surface area contributed by atoms with Crippen molar-refractivity contribution in [3.8, 4) is 6.07 Å². The second kappa shape index (κ2) is 5.36. The van der Waals surface area contributed by atoms with Crippen molar-refractivity contribution >= 4 is 23.8 Å². The molecule has 0 N–H and O–H groups in total. The highest BCUT2D eigenvalue weighted by Gasteiger charge is 2.87. The predicted molar refractivity (Wildman–Crippen MR) is 92.0 cm³/mol. The highest BCUT2D eigenvalue weighted by Crippen LogP contribution is 2.74. The first-order valence-corrected chi connectivity index (χ1v) is 8.32. The lowest BCUT2D eigenvalue weighted by Gasteiger charge is -2.24. The van der Waals surface area contributed by atoms with Crippen molar-refractivity contribution < 1.29 is 14.3 Å². The standard InChI is InChI=1S/C19H16N4O3/c1-3-26-17(25)19-15(13-7-5-4-6-8-13)18(19,12(2)24)11-21-16-14(9-20)10-22-23(16)19/h4-8,10-11,15H,3H2,1-2H3. The van der Waals surface area contributed by atoms with Gasteiger partial charge in [0.15, 0.2) is 11.4 Å². The zero-order chi connectivity index (χ0) is 18.5. The van der Waals surface area contributed by atoms with Gasteiger partial charge in [-0.05, 0) is 19.4 Å². The lowest BCUT2D eigenvalue weighted by atomic mass is 9.93. The first-order chi connectivity index (χ1) is 12.6. The van der Waals surface area contributed by atoms with Crippen LogP contribution in [0.25, 0.3) is 0 Å². The van der Waals surface area contributed by atoms with E-state index in [9.17, 15) is 14.9 Å². The molecule has 3 atom stereocenters. The molecule has 0 amide bonds. The van der Waals surface area contributed by atoms with E-state index in [1.807, 2.05) is 36.4 Å². The van der Waals surface area contributed by atoms with Gasteiger partial charge in [0.25, 0.3) is 0 Å². The first kappa shape index (κ1) is 16.2. The van der Waals surface area contributed by atoms with Crippen LogP contribution in [0.5, 0.6) is 0 Å². The zero-order valence-electron chi connectivity index (χ0n) is 14.3. The highest BCUT2D eigenvalue weighted by molar-refractivity contribution is 6.15. The monoisotopic (exact) mass is 348 g/mol. The van der Waals surface area contributed by atoms with E-state index >= 15 is 0 Å². The molecule has 130 valence electrons. The average molecular weight is 348 g/mol. The Balaban J connectivity index is 2.02. The van der Waals surface area contributed by atoms with E-state index in [1.54, 1.807) is 6.92 Å². The Hall–Kier alpha value is -3.27.